The van der Waals surface area contributed by atoms with Crippen molar-refractivity contribution in [3.63, 3.8) is 0 Å². The van der Waals surface area contributed by atoms with Crippen LogP contribution in [0.4, 0.5) is 0 Å². The van der Waals surface area contributed by atoms with Crippen molar-refractivity contribution >= 4 is 29.7 Å². The van der Waals surface area contributed by atoms with E-state index in [1.807, 2.05) is 24.1 Å². The molecular weight excluding hydrogens is 268 g/mol. The van der Waals surface area contributed by atoms with Gasteiger partial charge in [0.25, 0.3) is 0 Å². The highest BCUT2D eigenvalue weighted by Crippen LogP contribution is 2.55. The molecule has 1 heterocycles. The molecule has 1 amide bonds. The number of nitrogens with two attached hydrogens (primary N) is 1. The highest BCUT2D eigenvalue weighted by atomic mass is 35.5. The molecule has 0 bridgehead atoms. The van der Waals surface area contributed by atoms with Gasteiger partial charge >= 0.3 is 0 Å². The Kier molecular flexibility index (Phi) is 5.20. The predicted molar refractivity (Wildman–Crippen MR) is 78.3 cm³/mol. The molecule has 18 heavy (non-hydrogen) atoms. The molecule has 5 heteroatoms. The minimum absolute atomic E-state index is 0. The van der Waals surface area contributed by atoms with Crippen LogP contribution in [0.25, 0.3) is 0 Å². The van der Waals surface area contributed by atoms with Crippen molar-refractivity contribution in [3.8, 4) is 0 Å². The van der Waals surface area contributed by atoms with Crippen molar-refractivity contribution in [2.75, 3.05) is 19.6 Å². The Labute approximate surface area is 119 Å². The normalized spacial score (nSPS) is 25.4. The molecule has 1 fully saturated rings. The summed E-state index contributed by atoms with van der Waals surface area (Å²) in [5.41, 5.74) is 6.63. The van der Waals surface area contributed by atoms with Gasteiger partial charge in [0.1, 0.15) is 0 Å². The largest absolute Gasteiger partial charge is 0.342 e. The molecule has 1 aromatic heterocycles. The van der Waals surface area contributed by atoms with E-state index >= 15 is 0 Å². The second kappa shape index (κ2) is 6.04. The first kappa shape index (κ1) is 15.5. The molecule has 3 nitrogen and oxygen atoms in total. The number of nitrogens with zero attached hydrogens (tertiary/aromatic N) is 1. The summed E-state index contributed by atoms with van der Waals surface area (Å²) < 4.78 is 0. The lowest BCUT2D eigenvalue weighted by molar-refractivity contribution is -0.134. The van der Waals surface area contributed by atoms with Crippen molar-refractivity contribution < 1.29 is 4.79 Å². The van der Waals surface area contributed by atoms with Gasteiger partial charge in [-0.2, -0.15) is 11.3 Å². The van der Waals surface area contributed by atoms with Gasteiger partial charge in [-0.05, 0) is 55.1 Å². The number of rotatable bonds is 5. The van der Waals surface area contributed by atoms with Crippen LogP contribution in [0.2, 0.25) is 0 Å². The Hall–Kier alpha value is -0.580. The number of amides is 1. The fourth-order valence-electron chi connectivity index (χ4n) is 2.66. The van der Waals surface area contributed by atoms with E-state index < -0.39 is 0 Å². The van der Waals surface area contributed by atoms with Crippen LogP contribution in [0.15, 0.2) is 16.8 Å². The summed E-state index contributed by atoms with van der Waals surface area (Å²) in [7, 11) is 0. The smallest absolute Gasteiger partial charge is 0.233 e. The van der Waals surface area contributed by atoms with Crippen LogP contribution in [0.3, 0.4) is 0 Å². The highest BCUT2D eigenvalue weighted by Gasteiger charge is 2.61. The van der Waals surface area contributed by atoms with Gasteiger partial charge in [0.15, 0.2) is 0 Å². The molecule has 0 aliphatic heterocycles. The third-order valence-corrected chi connectivity index (χ3v) is 4.54. The summed E-state index contributed by atoms with van der Waals surface area (Å²) in [4.78, 5) is 14.6. The third-order valence-electron chi connectivity index (χ3n) is 3.86. The molecule has 2 N–H and O–H groups in total. The van der Waals surface area contributed by atoms with Gasteiger partial charge in [-0.1, -0.05) is 0 Å². The molecule has 0 unspecified atom stereocenters. The van der Waals surface area contributed by atoms with E-state index in [1.165, 1.54) is 0 Å². The van der Waals surface area contributed by atoms with Crippen LogP contribution < -0.4 is 5.73 Å². The zero-order valence-corrected chi connectivity index (χ0v) is 12.5. The first-order valence-electron chi connectivity index (χ1n) is 6.22. The summed E-state index contributed by atoms with van der Waals surface area (Å²) in [6, 6.07) is 2.07. The monoisotopic (exact) mass is 288 g/mol. The highest BCUT2D eigenvalue weighted by molar-refractivity contribution is 7.08. The summed E-state index contributed by atoms with van der Waals surface area (Å²) >= 11 is 1.65. The lowest BCUT2D eigenvalue weighted by atomic mass is 9.94. The maximum Gasteiger partial charge on any atom is 0.233 e. The van der Waals surface area contributed by atoms with Crippen LogP contribution in [0.5, 0.6) is 0 Å². The van der Waals surface area contributed by atoms with Gasteiger partial charge in [-0.15, -0.1) is 12.4 Å². The van der Waals surface area contributed by atoms with Crippen molar-refractivity contribution in [2.24, 2.45) is 11.7 Å². The Balaban J connectivity index is 0.00000162. The second-order valence-corrected chi connectivity index (χ2v) is 5.38. The third kappa shape index (κ3) is 2.29. The van der Waals surface area contributed by atoms with E-state index in [-0.39, 0.29) is 23.7 Å². The van der Waals surface area contributed by atoms with Crippen molar-refractivity contribution in [3.05, 3.63) is 22.4 Å². The lowest BCUT2D eigenvalue weighted by Crippen LogP contribution is -2.40. The first-order chi connectivity index (χ1) is 8.20. The predicted octanol–water partition coefficient (Wildman–Crippen LogP) is 2.25. The molecule has 1 saturated carbocycles. The number of thiophene rings is 1. The number of carbonyl (C=O) groups is 1. The van der Waals surface area contributed by atoms with E-state index in [4.69, 9.17) is 5.73 Å². The molecule has 1 aliphatic rings. The fraction of sp³-hybridized carbons (Fsp3) is 0.615. The molecule has 0 radical (unpaired) electrons. The van der Waals surface area contributed by atoms with Gasteiger partial charge in [-0.25, -0.2) is 0 Å². The molecule has 102 valence electrons. The Bertz CT molecular complexity index is 392. The summed E-state index contributed by atoms with van der Waals surface area (Å²) in [6.45, 7) is 6.21. The molecule has 1 aliphatic carbocycles. The van der Waals surface area contributed by atoms with Crippen molar-refractivity contribution in [1.29, 1.82) is 0 Å². The maximum atomic E-state index is 12.6. The van der Waals surface area contributed by atoms with Crippen LogP contribution in [0.1, 0.15) is 25.8 Å². The van der Waals surface area contributed by atoms with E-state index in [0.717, 1.165) is 25.1 Å². The average Bonchev–Trinajstić information content (AvgIpc) is 2.84. The Morgan fingerprint density at radius 2 is 2.22 bits per heavy atom. The minimum Gasteiger partial charge on any atom is -0.342 e. The Morgan fingerprint density at radius 3 is 2.61 bits per heavy atom. The van der Waals surface area contributed by atoms with E-state index in [1.54, 1.807) is 11.3 Å². The number of carbonyl (C=O) groups excluding carboxylic acids is 1. The lowest BCUT2D eigenvalue weighted by Gasteiger charge is -2.25. The number of hydrogen-bond acceptors (Lipinski definition) is 3. The van der Waals surface area contributed by atoms with Gasteiger partial charge in [0, 0.05) is 13.1 Å². The van der Waals surface area contributed by atoms with Gasteiger partial charge < -0.3 is 10.6 Å². The van der Waals surface area contributed by atoms with E-state index in [2.05, 4.69) is 11.4 Å². The van der Waals surface area contributed by atoms with Crippen LogP contribution in [-0.4, -0.2) is 30.4 Å². The Morgan fingerprint density at radius 1 is 1.56 bits per heavy atom. The quantitative estimate of drug-likeness (QED) is 0.903. The van der Waals surface area contributed by atoms with Crippen molar-refractivity contribution in [1.82, 2.24) is 4.90 Å². The molecular formula is C13H21ClN2OS. The standard InChI is InChI=1S/C13H20N2OS.ClH/c1-3-15(4-2)12(16)13(7-11(13)8-14)10-5-6-17-9-10;/h5-6,9,11H,3-4,7-8,14H2,1-2H3;1H/t11-,13+;/m1./s1. The average molecular weight is 289 g/mol. The zero-order valence-electron chi connectivity index (χ0n) is 10.9. The summed E-state index contributed by atoms with van der Waals surface area (Å²) in [5, 5.41) is 4.13. The summed E-state index contributed by atoms with van der Waals surface area (Å²) in [5.74, 6) is 0.585. The molecule has 0 spiro atoms. The minimum atomic E-state index is -0.305. The molecule has 1 aromatic rings. The molecule has 2 rings (SSSR count). The fourth-order valence-corrected chi connectivity index (χ4v) is 3.40. The first-order valence-corrected chi connectivity index (χ1v) is 7.17. The number of likely N-dealkylation sites (N-methyl/N-ethyl adjacent to an activating group) is 1. The van der Waals surface area contributed by atoms with Gasteiger partial charge in [-0.3, -0.25) is 4.79 Å². The molecule has 2 atom stereocenters. The SMILES string of the molecule is CCN(CC)C(=O)[C@]1(c2ccsc2)C[C@@H]1CN.Cl. The number of hydrogen-bond donors (Lipinski definition) is 1. The van der Waals surface area contributed by atoms with E-state index in [0.29, 0.717) is 12.5 Å². The van der Waals surface area contributed by atoms with E-state index in [9.17, 15) is 4.79 Å². The van der Waals surface area contributed by atoms with Crippen LogP contribution in [0, 0.1) is 5.92 Å². The number of halogens is 1. The second-order valence-electron chi connectivity index (χ2n) is 4.60. The summed E-state index contributed by atoms with van der Waals surface area (Å²) in [6.07, 6.45) is 0.912. The van der Waals surface area contributed by atoms with Crippen LogP contribution >= 0.6 is 23.7 Å². The maximum absolute atomic E-state index is 12.6. The zero-order chi connectivity index (χ0) is 12.5. The van der Waals surface area contributed by atoms with Crippen molar-refractivity contribution in [2.45, 2.75) is 25.7 Å². The van der Waals surface area contributed by atoms with Crippen LogP contribution in [-0.2, 0) is 10.2 Å². The van der Waals surface area contributed by atoms with Gasteiger partial charge in [0.05, 0.1) is 5.41 Å². The topological polar surface area (TPSA) is 46.3 Å². The molecule has 0 aromatic carbocycles. The molecule has 0 saturated heterocycles. The van der Waals surface area contributed by atoms with Gasteiger partial charge in [0.2, 0.25) is 5.91 Å².